The highest BCUT2D eigenvalue weighted by Gasteiger charge is 2.17. The average molecular weight is 451 g/mol. The molecule has 5 heterocycles. The van der Waals surface area contributed by atoms with Gasteiger partial charge in [0.05, 0.1) is 24.5 Å². The number of fused-ring (bicyclic) bond motifs is 2. The first-order chi connectivity index (χ1) is 16.6. The first-order valence-corrected chi connectivity index (χ1v) is 10.6. The minimum atomic E-state index is -0.390. The molecule has 0 radical (unpaired) electrons. The van der Waals surface area contributed by atoms with E-state index in [1.54, 1.807) is 36.9 Å². The number of nitrogens with zero attached hydrogens (tertiary/aromatic N) is 5. The minimum absolute atomic E-state index is 0.390. The molecule has 0 spiro atoms. The van der Waals surface area contributed by atoms with Crippen LogP contribution in [0.2, 0.25) is 0 Å². The molecule has 0 unspecified atom stereocenters. The van der Waals surface area contributed by atoms with Gasteiger partial charge in [0.1, 0.15) is 22.8 Å². The molecule has 6 aromatic rings. The minimum Gasteiger partial charge on any atom is -0.497 e. The Labute approximate surface area is 192 Å². The van der Waals surface area contributed by atoms with Crippen LogP contribution in [0.4, 0.5) is 4.39 Å². The Morgan fingerprint density at radius 2 is 1.88 bits per heavy atom. The molecule has 0 saturated heterocycles. The molecule has 0 aliphatic heterocycles. The van der Waals surface area contributed by atoms with Crippen LogP contribution in [0.25, 0.3) is 56.0 Å². The highest BCUT2D eigenvalue weighted by molar-refractivity contribution is 5.96. The Kier molecular flexibility index (Phi) is 4.54. The highest BCUT2D eigenvalue weighted by atomic mass is 19.1. The molecule has 1 aromatic carbocycles. The van der Waals surface area contributed by atoms with Crippen molar-refractivity contribution >= 4 is 22.1 Å². The van der Waals surface area contributed by atoms with Gasteiger partial charge < -0.3 is 9.72 Å². The number of pyridine rings is 3. The van der Waals surface area contributed by atoms with Crippen molar-refractivity contribution < 1.29 is 9.13 Å². The normalized spacial score (nSPS) is 11.4. The summed E-state index contributed by atoms with van der Waals surface area (Å²) < 4.78 is 19.4. The lowest BCUT2D eigenvalue weighted by molar-refractivity contribution is 0.411. The fraction of sp³-hybridized carbons (Fsp3) is 0.0800. The van der Waals surface area contributed by atoms with Crippen molar-refractivity contribution in [2.45, 2.75) is 6.92 Å². The Morgan fingerprint density at radius 1 is 0.971 bits per heavy atom. The van der Waals surface area contributed by atoms with E-state index in [-0.39, 0.29) is 5.82 Å². The molecule has 0 bridgehead atoms. The summed E-state index contributed by atoms with van der Waals surface area (Å²) in [7, 11) is 1.51. The lowest BCUT2D eigenvalue weighted by Gasteiger charge is -2.06. The smallest absolute Gasteiger partial charge is 0.160 e. The molecule has 0 saturated carbocycles. The number of ether oxygens (including phenoxy) is 1. The molecule has 0 amide bonds. The summed E-state index contributed by atoms with van der Waals surface area (Å²) in [6, 6.07) is 10.3. The van der Waals surface area contributed by atoms with Crippen LogP contribution in [-0.4, -0.2) is 42.2 Å². The van der Waals surface area contributed by atoms with Gasteiger partial charge in [-0.25, -0.2) is 14.4 Å². The van der Waals surface area contributed by atoms with Crippen molar-refractivity contribution in [3.8, 4) is 39.7 Å². The van der Waals surface area contributed by atoms with Crippen molar-refractivity contribution in [2.75, 3.05) is 7.11 Å². The van der Waals surface area contributed by atoms with Crippen molar-refractivity contribution in [3.63, 3.8) is 0 Å². The summed E-state index contributed by atoms with van der Waals surface area (Å²) in [6.07, 6.45) is 6.97. The fourth-order valence-electron chi connectivity index (χ4n) is 4.07. The maximum absolute atomic E-state index is 14.2. The van der Waals surface area contributed by atoms with Gasteiger partial charge in [0.25, 0.3) is 0 Å². The van der Waals surface area contributed by atoms with Gasteiger partial charge in [-0.1, -0.05) is 0 Å². The predicted octanol–water partition coefficient (Wildman–Crippen LogP) is 5.08. The second-order valence-electron chi connectivity index (χ2n) is 7.90. The number of methoxy groups -OCH3 is 1. The average Bonchev–Trinajstić information content (AvgIpc) is 3.47. The Balaban J connectivity index is 1.51. The molecular formula is C25H18FN7O. The number of benzene rings is 1. The van der Waals surface area contributed by atoms with E-state index in [0.29, 0.717) is 34.0 Å². The summed E-state index contributed by atoms with van der Waals surface area (Å²) in [4.78, 5) is 21.3. The Hall–Kier alpha value is -4.66. The Bertz CT molecular complexity index is 1690. The van der Waals surface area contributed by atoms with Crippen LogP contribution in [0.5, 0.6) is 5.75 Å². The highest BCUT2D eigenvalue weighted by Crippen LogP contribution is 2.33. The van der Waals surface area contributed by atoms with Gasteiger partial charge in [0.2, 0.25) is 0 Å². The molecule has 0 atom stereocenters. The first-order valence-electron chi connectivity index (χ1n) is 10.6. The van der Waals surface area contributed by atoms with E-state index in [1.807, 2.05) is 19.1 Å². The number of aromatic amines is 2. The van der Waals surface area contributed by atoms with Crippen LogP contribution >= 0.6 is 0 Å². The van der Waals surface area contributed by atoms with Crippen molar-refractivity contribution in [3.05, 3.63) is 72.6 Å². The number of nitrogens with one attached hydrogen (secondary N) is 2. The largest absolute Gasteiger partial charge is 0.497 e. The van der Waals surface area contributed by atoms with E-state index in [9.17, 15) is 4.39 Å². The molecule has 8 nitrogen and oxygen atoms in total. The van der Waals surface area contributed by atoms with E-state index >= 15 is 0 Å². The van der Waals surface area contributed by atoms with Gasteiger partial charge in [-0.15, -0.1) is 0 Å². The van der Waals surface area contributed by atoms with Gasteiger partial charge in [0.15, 0.2) is 11.5 Å². The number of hydrogen-bond acceptors (Lipinski definition) is 6. The fourth-order valence-corrected chi connectivity index (χ4v) is 4.07. The molecule has 2 N–H and O–H groups in total. The number of aromatic nitrogens is 7. The maximum atomic E-state index is 14.2. The molecule has 0 aliphatic carbocycles. The van der Waals surface area contributed by atoms with E-state index in [4.69, 9.17) is 9.72 Å². The standard InChI is InChI=1S/C25H18FN7O/c1-13-3-5-27-11-19(13)20-10-18-21(12-29-20)32-33-23(18)25-30-22-17(4-6-28-24(22)31-25)14-7-15(26)9-16(8-14)34-2/h3-12H,1-2H3,(H,32,33)(H,28,30,31). The monoisotopic (exact) mass is 451 g/mol. The summed E-state index contributed by atoms with van der Waals surface area (Å²) in [5, 5.41) is 8.36. The number of aryl methyl sites for hydroxylation is 1. The Morgan fingerprint density at radius 3 is 2.74 bits per heavy atom. The third-order valence-corrected chi connectivity index (χ3v) is 5.79. The lowest BCUT2D eigenvalue weighted by Crippen LogP contribution is -1.89. The number of H-pyrrole nitrogens is 2. The van der Waals surface area contributed by atoms with E-state index < -0.39 is 0 Å². The lowest BCUT2D eigenvalue weighted by atomic mass is 10.1. The molecule has 0 aliphatic rings. The zero-order valence-corrected chi connectivity index (χ0v) is 18.3. The van der Waals surface area contributed by atoms with Crippen molar-refractivity contribution in [1.29, 1.82) is 0 Å². The number of hydrogen-bond donors (Lipinski definition) is 2. The van der Waals surface area contributed by atoms with Crippen LogP contribution < -0.4 is 4.74 Å². The van der Waals surface area contributed by atoms with Crippen LogP contribution in [0.1, 0.15) is 5.56 Å². The van der Waals surface area contributed by atoms with Gasteiger partial charge in [-0.2, -0.15) is 5.10 Å². The quantitative estimate of drug-likeness (QED) is 0.387. The molecule has 166 valence electrons. The van der Waals surface area contributed by atoms with E-state index in [0.717, 1.165) is 33.3 Å². The zero-order valence-electron chi connectivity index (χ0n) is 18.3. The predicted molar refractivity (Wildman–Crippen MR) is 127 cm³/mol. The molecule has 0 fully saturated rings. The summed E-state index contributed by atoms with van der Waals surface area (Å²) in [6.45, 7) is 2.02. The number of imidazole rings is 1. The van der Waals surface area contributed by atoms with Crippen LogP contribution in [0, 0.1) is 12.7 Å². The van der Waals surface area contributed by atoms with Crippen LogP contribution in [0.15, 0.2) is 61.2 Å². The first kappa shape index (κ1) is 20.0. The summed E-state index contributed by atoms with van der Waals surface area (Å²) in [5.74, 6) is 0.587. The molecule has 9 heteroatoms. The van der Waals surface area contributed by atoms with Crippen molar-refractivity contribution in [2.24, 2.45) is 0 Å². The summed E-state index contributed by atoms with van der Waals surface area (Å²) in [5.41, 5.74) is 6.81. The topological polar surface area (TPSA) is 105 Å². The van der Waals surface area contributed by atoms with Crippen LogP contribution in [-0.2, 0) is 0 Å². The molecule has 5 aromatic heterocycles. The zero-order chi connectivity index (χ0) is 23.2. The summed E-state index contributed by atoms with van der Waals surface area (Å²) >= 11 is 0. The van der Waals surface area contributed by atoms with Crippen LogP contribution in [0.3, 0.4) is 0 Å². The molecule has 6 rings (SSSR count). The van der Waals surface area contributed by atoms with Gasteiger partial charge in [-0.05, 0) is 48.4 Å². The van der Waals surface area contributed by atoms with E-state index in [1.165, 1.54) is 19.2 Å². The van der Waals surface area contributed by atoms with Gasteiger partial charge in [0, 0.05) is 41.2 Å². The molecular weight excluding hydrogens is 433 g/mol. The number of rotatable bonds is 4. The SMILES string of the molecule is COc1cc(F)cc(-c2ccnc3[nH]c(-c4n[nH]c5cnc(-c6cnccc6C)cc45)nc23)c1. The third-order valence-electron chi connectivity index (χ3n) is 5.79. The number of halogens is 1. The van der Waals surface area contributed by atoms with Gasteiger partial charge >= 0.3 is 0 Å². The van der Waals surface area contributed by atoms with E-state index in [2.05, 4.69) is 30.1 Å². The second-order valence-corrected chi connectivity index (χ2v) is 7.90. The third kappa shape index (κ3) is 3.25. The molecule has 34 heavy (non-hydrogen) atoms. The second kappa shape index (κ2) is 7.73. The van der Waals surface area contributed by atoms with Crippen molar-refractivity contribution in [1.82, 2.24) is 35.1 Å². The van der Waals surface area contributed by atoms with Gasteiger partial charge in [-0.3, -0.25) is 15.1 Å². The maximum Gasteiger partial charge on any atom is 0.160 e.